The van der Waals surface area contributed by atoms with E-state index in [-0.39, 0.29) is 5.97 Å². The normalized spacial score (nSPS) is 11.1. The number of halogens is 1. The zero-order valence-corrected chi connectivity index (χ0v) is 13.7. The lowest BCUT2D eigenvalue weighted by Gasteiger charge is -2.26. The Kier molecular flexibility index (Phi) is 5.57. The highest BCUT2D eigenvalue weighted by molar-refractivity contribution is 9.10. The van der Waals surface area contributed by atoms with Crippen molar-refractivity contribution in [2.45, 2.75) is 24.1 Å². The molecule has 0 heterocycles. The minimum absolute atomic E-state index is 0.270. The van der Waals surface area contributed by atoms with Crippen LogP contribution in [-0.4, -0.2) is 12.6 Å². The molecule has 0 fully saturated rings. The molecule has 0 radical (unpaired) electrons. The smallest absolute Gasteiger partial charge is 0.332 e. The molecule has 0 bridgehead atoms. The van der Waals surface area contributed by atoms with E-state index in [0.29, 0.717) is 6.61 Å². The predicted octanol–water partition coefficient (Wildman–Crippen LogP) is 4.67. The van der Waals surface area contributed by atoms with Crippen LogP contribution in [0.4, 0.5) is 0 Å². The van der Waals surface area contributed by atoms with Gasteiger partial charge in [0.1, 0.15) is 0 Å². The van der Waals surface area contributed by atoms with E-state index in [0.717, 1.165) is 24.0 Å². The van der Waals surface area contributed by atoms with E-state index >= 15 is 0 Å². The summed E-state index contributed by atoms with van der Waals surface area (Å²) in [5.41, 5.74) is 1.75. The lowest BCUT2D eigenvalue weighted by atomic mass is 9.91. The summed E-state index contributed by atoms with van der Waals surface area (Å²) in [5.74, 6) is -0.270. The molecule has 0 amide bonds. The molecule has 3 heteroatoms. The third-order valence-electron chi connectivity index (χ3n) is 3.36. The largest absolute Gasteiger partial charge is 0.464 e. The van der Waals surface area contributed by atoms with E-state index < -0.39 is 4.32 Å². The number of carbonyl (C=O) groups is 1. The third-order valence-corrected chi connectivity index (χ3v) is 4.59. The highest BCUT2D eigenvalue weighted by Gasteiger charge is 2.40. The molecular formula is C18H19BrO2. The van der Waals surface area contributed by atoms with Crippen LogP contribution in [0, 0.1) is 0 Å². The van der Waals surface area contributed by atoms with Crippen LogP contribution in [0.5, 0.6) is 0 Å². The zero-order valence-electron chi connectivity index (χ0n) is 12.1. The zero-order chi connectivity index (χ0) is 15.1. The third kappa shape index (κ3) is 3.53. The number of esters is 1. The number of hydrogen-bond acceptors (Lipinski definition) is 2. The molecule has 0 aliphatic heterocycles. The first-order valence-electron chi connectivity index (χ1n) is 7.16. The van der Waals surface area contributed by atoms with Gasteiger partial charge in [-0.25, -0.2) is 4.79 Å². The Morgan fingerprint density at radius 2 is 1.48 bits per heavy atom. The molecule has 0 N–H and O–H groups in total. The van der Waals surface area contributed by atoms with Crippen LogP contribution in [0.25, 0.3) is 0 Å². The highest BCUT2D eigenvalue weighted by Crippen LogP contribution is 2.39. The molecule has 21 heavy (non-hydrogen) atoms. The summed E-state index contributed by atoms with van der Waals surface area (Å²) in [7, 11) is 0. The van der Waals surface area contributed by atoms with Crippen molar-refractivity contribution in [3.63, 3.8) is 0 Å². The van der Waals surface area contributed by atoms with Gasteiger partial charge < -0.3 is 4.74 Å². The van der Waals surface area contributed by atoms with Crippen molar-refractivity contribution in [3.05, 3.63) is 71.8 Å². The van der Waals surface area contributed by atoms with Crippen LogP contribution < -0.4 is 0 Å². The summed E-state index contributed by atoms with van der Waals surface area (Å²) in [5, 5.41) is 0. The average Bonchev–Trinajstić information content (AvgIpc) is 2.56. The molecule has 0 aliphatic carbocycles. The fourth-order valence-electron chi connectivity index (χ4n) is 2.15. The van der Waals surface area contributed by atoms with E-state index in [1.807, 2.05) is 60.7 Å². The lowest BCUT2D eigenvalue weighted by Crippen LogP contribution is -2.32. The Balaban J connectivity index is 2.38. The van der Waals surface area contributed by atoms with Crippen LogP contribution in [0.15, 0.2) is 60.7 Å². The van der Waals surface area contributed by atoms with Crippen molar-refractivity contribution in [2.75, 3.05) is 6.61 Å². The number of rotatable bonds is 6. The molecule has 2 nitrogen and oxygen atoms in total. The summed E-state index contributed by atoms with van der Waals surface area (Å²) in [4.78, 5) is 12.7. The van der Waals surface area contributed by atoms with Crippen LogP contribution in [-0.2, 0) is 13.9 Å². The van der Waals surface area contributed by atoms with E-state index in [4.69, 9.17) is 4.74 Å². The highest BCUT2D eigenvalue weighted by atomic mass is 79.9. The second-order valence-electron chi connectivity index (χ2n) is 4.88. The van der Waals surface area contributed by atoms with E-state index in [1.54, 1.807) is 0 Å². The second-order valence-corrected chi connectivity index (χ2v) is 6.07. The number of unbranched alkanes of at least 4 members (excludes halogenated alkanes) is 1. The van der Waals surface area contributed by atoms with Gasteiger partial charge in [0, 0.05) is 0 Å². The maximum absolute atomic E-state index is 12.7. The van der Waals surface area contributed by atoms with Crippen LogP contribution in [0.3, 0.4) is 0 Å². The van der Waals surface area contributed by atoms with Crippen LogP contribution in [0.1, 0.15) is 30.9 Å². The monoisotopic (exact) mass is 346 g/mol. The Hall–Kier alpha value is -1.61. The minimum Gasteiger partial charge on any atom is -0.464 e. The van der Waals surface area contributed by atoms with Crippen molar-refractivity contribution < 1.29 is 9.53 Å². The topological polar surface area (TPSA) is 26.3 Å². The van der Waals surface area contributed by atoms with Crippen LogP contribution in [0.2, 0.25) is 0 Å². The molecule has 2 aromatic carbocycles. The number of ether oxygens (including phenoxy) is 1. The van der Waals surface area contributed by atoms with E-state index in [9.17, 15) is 4.79 Å². The summed E-state index contributed by atoms with van der Waals surface area (Å²) >= 11 is 3.64. The number of carbonyl (C=O) groups excluding carboxylic acids is 1. The molecule has 2 aromatic rings. The van der Waals surface area contributed by atoms with E-state index in [1.165, 1.54) is 0 Å². The molecule has 2 rings (SSSR count). The Labute approximate surface area is 134 Å². The molecule has 0 saturated carbocycles. The molecule has 0 atom stereocenters. The van der Waals surface area contributed by atoms with Gasteiger partial charge in [0.05, 0.1) is 6.61 Å². The number of benzene rings is 2. The van der Waals surface area contributed by atoms with Gasteiger partial charge in [-0.15, -0.1) is 0 Å². The molecular weight excluding hydrogens is 328 g/mol. The molecule has 110 valence electrons. The fourth-order valence-corrected chi connectivity index (χ4v) is 2.79. The van der Waals surface area contributed by atoms with Gasteiger partial charge in [-0.3, -0.25) is 0 Å². The molecule has 0 aromatic heterocycles. The van der Waals surface area contributed by atoms with Crippen molar-refractivity contribution >= 4 is 21.9 Å². The minimum atomic E-state index is -0.955. The summed E-state index contributed by atoms with van der Waals surface area (Å²) in [6.07, 6.45) is 1.87. The van der Waals surface area contributed by atoms with Crippen molar-refractivity contribution in [1.82, 2.24) is 0 Å². The van der Waals surface area contributed by atoms with Crippen molar-refractivity contribution in [3.8, 4) is 0 Å². The van der Waals surface area contributed by atoms with Crippen LogP contribution >= 0.6 is 15.9 Å². The second kappa shape index (κ2) is 7.41. The standard InChI is InChI=1S/C18H19BrO2/c1-2-3-14-21-17(20)18(19,15-10-6-4-7-11-15)16-12-8-5-9-13-16/h4-13H,2-3,14H2,1H3. The molecule has 0 unspecified atom stereocenters. The first-order chi connectivity index (χ1) is 10.2. The predicted molar refractivity (Wildman–Crippen MR) is 88.5 cm³/mol. The Morgan fingerprint density at radius 3 is 1.90 bits per heavy atom. The van der Waals surface area contributed by atoms with Crippen molar-refractivity contribution in [1.29, 1.82) is 0 Å². The molecule has 0 saturated heterocycles. The maximum Gasteiger partial charge on any atom is 0.332 e. The first-order valence-corrected chi connectivity index (χ1v) is 7.96. The van der Waals surface area contributed by atoms with Gasteiger partial charge in [0.2, 0.25) is 0 Å². The molecule has 0 aliphatic rings. The van der Waals surface area contributed by atoms with E-state index in [2.05, 4.69) is 22.9 Å². The van der Waals surface area contributed by atoms with Gasteiger partial charge in [-0.1, -0.05) is 89.9 Å². The SMILES string of the molecule is CCCCOC(=O)C(Br)(c1ccccc1)c1ccccc1. The number of hydrogen-bond donors (Lipinski definition) is 0. The molecule has 0 spiro atoms. The number of alkyl halides is 1. The quantitative estimate of drug-likeness (QED) is 0.431. The van der Waals surface area contributed by atoms with Gasteiger partial charge in [-0.2, -0.15) is 0 Å². The summed E-state index contributed by atoms with van der Waals surface area (Å²) in [6, 6.07) is 19.3. The lowest BCUT2D eigenvalue weighted by molar-refractivity contribution is -0.145. The van der Waals surface area contributed by atoms with Gasteiger partial charge in [-0.05, 0) is 17.5 Å². The Morgan fingerprint density at radius 1 is 1.00 bits per heavy atom. The first kappa shape index (κ1) is 15.8. The summed E-state index contributed by atoms with van der Waals surface area (Å²) in [6.45, 7) is 2.52. The Bertz CT molecular complexity index is 527. The van der Waals surface area contributed by atoms with Gasteiger partial charge in [0.15, 0.2) is 4.32 Å². The van der Waals surface area contributed by atoms with Crippen molar-refractivity contribution in [2.24, 2.45) is 0 Å². The fraction of sp³-hybridized carbons (Fsp3) is 0.278. The maximum atomic E-state index is 12.7. The average molecular weight is 347 g/mol. The van der Waals surface area contributed by atoms with Gasteiger partial charge >= 0.3 is 5.97 Å². The summed E-state index contributed by atoms with van der Waals surface area (Å²) < 4.78 is 4.52. The van der Waals surface area contributed by atoms with Gasteiger partial charge in [0.25, 0.3) is 0 Å².